The summed E-state index contributed by atoms with van der Waals surface area (Å²) < 4.78 is 13.2. The highest BCUT2D eigenvalue weighted by Crippen LogP contribution is 2.37. The number of nitrogens with one attached hydrogen (secondary N) is 1. The number of carboxylic acids is 1. The number of unbranched alkanes of at least 4 members (excludes halogenated alkanes) is 1. The number of carbonyl (C=O) groups excluding carboxylic acids is 2. The SMILES string of the molecule is CCCCC(NC(=O)C1CC(=O)N(C)C1c1ccc(F)cc1)C(=O)O. The molecule has 1 aliphatic heterocycles. The summed E-state index contributed by atoms with van der Waals surface area (Å²) in [6, 6.07) is 4.14. The predicted molar refractivity (Wildman–Crippen MR) is 89.1 cm³/mol. The molecule has 0 aromatic heterocycles. The van der Waals surface area contributed by atoms with Crippen LogP contribution in [-0.2, 0) is 14.4 Å². The Morgan fingerprint density at radius 2 is 2.00 bits per heavy atom. The van der Waals surface area contributed by atoms with E-state index >= 15 is 0 Å². The van der Waals surface area contributed by atoms with Gasteiger partial charge in [0, 0.05) is 13.5 Å². The van der Waals surface area contributed by atoms with Gasteiger partial charge in [0.05, 0.1) is 12.0 Å². The third-order valence-corrected chi connectivity index (χ3v) is 4.60. The molecule has 2 rings (SSSR count). The number of hydrogen-bond donors (Lipinski definition) is 2. The quantitative estimate of drug-likeness (QED) is 0.788. The maximum absolute atomic E-state index is 13.2. The zero-order valence-electron chi connectivity index (χ0n) is 14.4. The van der Waals surface area contributed by atoms with Crippen LogP contribution in [0.25, 0.3) is 0 Å². The van der Waals surface area contributed by atoms with Crippen LogP contribution in [-0.4, -0.2) is 40.9 Å². The molecule has 0 saturated carbocycles. The highest BCUT2D eigenvalue weighted by atomic mass is 19.1. The van der Waals surface area contributed by atoms with Crippen LogP contribution in [0.1, 0.15) is 44.2 Å². The van der Waals surface area contributed by atoms with E-state index < -0.39 is 35.7 Å². The Labute approximate surface area is 146 Å². The van der Waals surface area contributed by atoms with Gasteiger partial charge in [-0.15, -0.1) is 0 Å². The van der Waals surface area contributed by atoms with Crippen molar-refractivity contribution in [3.05, 3.63) is 35.6 Å². The lowest BCUT2D eigenvalue weighted by Crippen LogP contribution is -2.44. The van der Waals surface area contributed by atoms with E-state index in [0.717, 1.165) is 6.42 Å². The summed E-state index contributed by atoms with van der Waals surface area (Å²) in [6.45, 7) is 1.94. The van der Waals surface area contributed by atoms with Gasteiger partial charge in [-0.05, 0) is 24.1 Å². The molecule has 0 spiro atoms. The minimum absolute atomic E-state index is 0.00446. The number of hydrogen-bond acceptors (Lipinski definition) is 3. The second-order valence-electron chi connectivity index (χ2n) is 6.35. The number of nitrogens with zero attached hydrogens (tertiary/aromatic N) is 1. The Hall–Kier alpha value is -2.44. The van der Waals surface area contributed by atoms with Crippen LogP contribution >= 0.6 is 0 Å². The van der Waals surface area contributed by atoms with Crippen LogP contribution in [0.2, 0.25) is 0 Å². The molecule has 1 aromatic rings. The minimum atomic E-state index is -1.09. The van der Waals surface area contributed by atoms with Crippen molar-refractivity contribution in [3.8, 4) is 0 Å². The van der Waals surface area contributed by atoms with Crippen molar-refractivity contribution in [3.63, 3.8) is 0 Å². The van der Waals surface area contributed by atoms with Crippen molar-refractivity contribution in [2.24, 2.45) is 5.92 Å². The lowest BCUT2D eigenvalue weighted by atomic mass is 9.92. The highest BCUT2D eigenvalue weighted by molar-refractivity contribution is 5.92. The molecule has 0 aliphatic carbocycles. The average Bonchev–Trinajstić information content (AvgIpc) is 2.87. The molecule has 3 atom stereocenters. The first-order valence-electron chi connectivity index (χ1n) is 8.39. The van der Waals surface area contributed by atoms with Gasteiger partial charge in [-0.2, -0.15) is 0 Å². The molecule has 25 heavy (non-hydrogen) atoms. The normalized spacial score (nSPS) is 21.2. The number of carbonyl (C=O) groups is 3. The van der Waals surface area contributed by atoms with E-state index in [4.69, 9.17) is 0 Å². The van der Waals surface area contributed by atoms with Gasteiger partial charge in [0.15, 0.2) is 0 Å². The van der Waals surface area contributed by atoms with Gasteiger partial charge >= 0.3 is 5.97 Å². The van der Waals surface area contributed by atoms with Crippen LogP contribution in [0.5, 0.6) is 0 Å². The van der Waals surface area contributed by atoms with Gasteiger partial charge in [-0.25, -0.2) is 9.18 Å². The number of halogens is 1. The maximum atomic E-state index is 13.2. The van der Waals surface area contributed by atoms with E-state index in [0.29, 0.717) is 18.4 Å². The van der Waals surface area contributed by atoms with Crippen LogP contribution in [0.4, 0.5) is 4.39 Å². The van der Waals surface area contributed by atoms with Crippen molar-refractivity contribution in [2.75, 3.05) is 7.05 Å². The standard InChI is InChI=1S/C18H23FN2O4/c1-3-4-5-14(18(24)25)20-17(23)13-10-15(22)21(2)16(13)11-6-8-12(19)9-7-11/h6-9,13-14,16H,3-5,10H2,1-2H3,(H,20,23)(H,24,25). The van der Waals surface area contributed by atoms with Gasteiger partial charge in [-0.1, -0.05) is 31.9 Å². The first kappa shape index (κ1) is 18.9. The zero-order valence-corrected chi connectivity index (χ0v) is 14.4. The minimum Gasteiger partial charge on any atom is -0.480 e. The number of likely N-dealkylation sites (tertiary alicyclic amines) is 1. The third kappa shape index (κ3) is 4.35. The summed E-state index contributed by atoms with van der Waals surface area (Å²) in [5.74, 6) is -2.85. The first-order chi connectivity index (χ1) is 11.8. The van der Waals surface area contributed by atoms with Crippen molar-refractivity contribution in [2.45, 2.75) is 44.7 Å². The molecule has 1 heterocycles. The number of rotatable bonds is 7. The van der Waals surface area contributed by atoms with Crippen molar-refractivity contribution in [1.29, 1.82) is 0 Å². The van der Waals surface area contributed by atoms with Gasteiger partial charge in [0.25, 0.3) is 0 Å². The smallest absolute Gasteiger partial charge is 0.326 e. The Morgan fingerprint density at radius 3 is 2.56 bits per heavy atom. The van der Waals surface area contributed by atoms with E-state index in [1.165, 1.54) is 17.0 Å². The largest absolute Gasteiger partial charge is 0.480 e. The molecule has 1 aromatic carbocycles. The Bertz CT molecular complexity index is 647. The number of carboxylic acid groups (broad SMARTS) is 1. The summed E-state index contributed by atoms with van der Waals surface area (Å²) in [7, 11) is 1.59. The fourth-order valence-corrected chi connectivity index (χ4v) is 3.17. The Morgan fingerprint density at radius 1 is 1.36 bits per heavy atom. The topological polar surface area (TPSA) is 86.7 Å². The zero-order chi connectivity index (χ0) is 18.6. The second-order valence-corrected chi connectivity index (χ2v) is 6.35. The molecule has 1 fully saturated rings. The molecule has 7 heteroatoms. The first-order valence-corrected chi connectivity index (χ1v) is 8.39. The predicted octanol–water partition coefficient (Wildman–Crippen LogP) is 2.10. The molecule has 2 N–H and O–H groups in total. The van der Waals surface area contributed by atoms with Crippen LogP contribution in [0, 0.1) is 11.7 Å². The van der Waals surface area contributed by atoms with E-state index in [1.807, 2.05) is 6.92 Å². The van der Waals surface area contributed by atoms with Crippen LogP contribution in [0.15, 0.2) is 24.3 Å². The summed E-state index contributed by atoms with van der Waals surface area (Å²) in [5, 5.41) is 11.8. The second kappa shape index (κ2) is 8.09. The molecule has 2 amide bonds. The molecule has 1 aliphatic rings. The number of benzene rings is 1. The summed E-state index contributed by atoms with van der Waals surface area (Å²) in [5.41, 5.74) is 0.648. The Balaban J connectivity index is 2.19. The fraction of sp³-hybridized carbons (Fsp3) is 0.500. The maximum Gasteiger partial charge on any atom is 0.326 e. The van der Waals surface area contributed by atoms with E-state index in [-0.39, 0.29) is 12.3 Å². The molecule has 6 nitrogen and oxygen atoms in total. The van der Waals surface area contributed by atoms with Gasteiger partial charge in [0.2, 0.25) is 11.8 Å². The van der Waals surface area contributed by atoms with Crippen molar-refractivity contribution in [1.82, 2.24) is 10.2 Å². The molecule has 3 unspecified atom stereocenters. The van der Waals surface area contributed by atoms with Gasteiger partial charge < -0.3 is 15.3 Å². The van der Waals surface area contributed by atoms with Gasteiger partial charge in [0.1, 0.15) is 11.9 Å². The molecular formula is C18H23FN2O4. The van der Waals surface area contributed by atoms with Crippen LogP contribution < -0.4 is 5.32 Å². The Kier molecular flexibility index (Phi) is 6.12. The monoisotopic (exact) mass is 350 g/mol. The molecular weight excluding hydrogens is 327 g/mol. The van der Waals surface area contributed by atoms with E-state index in [1.54, 1.807) is 19.2 Å². The number of aliphatic carboxylic acids is 1. The lowest BCUT2D eigenvalue weighted by Gasteiger charge is -2.26. The van der Waals surface area contributed by atoms with Gasteiger partial charge in [-0.3, -0.25) is 9.59 Å². The highest BCUT2D eigenvalue weighted by Gasteiger charge is 2.43. The average molecular weight is 350 g/mol. The summed E-state index contributed by atoms with van der Waals surface area (Å²) in [4.78, 5) is 37.5. The lowest BCUT2D eigenvalue weighted by molar-refractivity contribution is -0.142. The van der Waals surface area contributed by atoms with Crippen molar-refractivity contribution >= 4 is 17.8 Å². The summed E-state index contributed by atoms with van der Waals surface area (Å²) >= 11 is 0. The van der Waals surface area contributed by atoms with Crippen molar-refractivity contribution < 1.29 is 23.9 Å². The third-order valence-electron chi connectivity index (χ3n) is 4.60. The summed E-state index contributed by atoms with van der Waals surface area (Å²) in [6.07, 6.45) is 1.85. The number of amides is 2. The van der Waals surface area contributed by atoms with E-state index in [2.05, 4.69) is 5.32 Å². The molecule has 136 valence electrons. The molecule has 0 radical (unpaired) electrons. The van der Waals surface area contributed by atoms with Crippen LogP contribution in [0.3, 0.4) is 0 Å². The fourth-order valence-electron chi connectivity index (χ4n) is 3.17. The van der Waals surface area contributed by atoms with E-state index in [9.17, 15) is 23.9 Å². The molecule has 1 saturated heterocycles. The molecule has 0 bridgehead atoms.